The van der Waals surface area contributed by atoms with Crippen LogP contribution in [0.3, 0.4) is 0 Å². The highest BCUT2D eigenvalue weighted by Gasteiger charge is 2.17. The average molecular weight is 271 g/mol. The van der Waals surface area contributed by atoms with Gasteiger partial charge in [0.1, 0.15) is 0 Å². The number of alkyl halides is 1. The molecule has 0 saturated heterocycles. The maximum Gasteiger partial charge on any atom is 0.339 e. The van der Waals surface area contributed by atoms with Gasteiger partial charge < -0.3 is 9.84 Å². The third kappa shape index (κ3) is 3.74. The van der Waals surface area contributed by atoms with Gasteiger partial charge in [-0.05, 0) is 37.5 Å². The third-order valence-corrected chi connectivity index (χ3v) is 2.68. The second-order valence-corrected chi connectivity index (χ2v) is 4.08. The normalized spacial score (nSPS) is 10.1. The molecule has 1 rings (SSSR count). The Balaban J connectivity index is 3.07. The Kier molecular flexibility index (Phi) is 5.65. The van der Waals surface area contributed by atoms with Gasteiger partial charge >= 0.3 is 11.9 Å². The molecule has 0 atom stereocenters. The lowest BCUT2D eigenvalue weighted by molar-refractivity contribution is 0.0514. The summed E-state index contributed by atoms with van der Waals surface area (Å²) in [5.74, 6) is -1.22. The van der Waals surface area contributed by atoms with Crippen LogP contribution in [-0.4, -0.2) is 29.5 Å². The van der Waals surface area contributed by atoms with Gasteiger partial charge in [0.15, 0.2) is 0 Å². The molecule has 4 nitrogen and oxygen atoms in total. The van der Waals surface area contributed by atoms with E-state index in [9.17, 15) is 9.59 Å². The molecule has 0 fully saturated rings. The second-order valence-electron chi connectivity index (χ2n) is 3.70. The topological polar surface area (TPSA) is 63.6 Å². The first-order valence-corrected chi connectivity index (χ1v) is 6.23. The highest BCUT2D eigenvalue weighted by molar-refractivity contribution is 6.17. The van der Waals surface area contributed by atoms with Gasteiger partial charge in [0, 0.05) is 5.88 Å². The molecule has 0 aliphatic carbocycles. The summed E-state index contributed by atoms with van der Waals surface area (Å²) in [6.45, 7) is 1.89. The summed E-state index contributed by atoms with van der Waals surface area (Å²) in [5.41, 5.74) is 0.934. The quantitative estimate of drug-likeness (QED) is 0.638. The smallest absolute Gasteiger partial charge is 0.339 e. The van der Waals surface area contributed by atoms with Gasteiger partial charge in [0.25, 0.3) is 0 Å². The van der Waals surface area contributed by atoms with E-state index >= 15 is 0 Å². The van der Waals surface area contributed by atoms with E-state index in [2.05, 4.69) is 0 Å². The Hall–Kier alpha value is -1.55. The molecule has 0 unspecified atom stereocenters. The first-order valence-electron chi connectivity index (χ1n) is 5.69. The first kappa shape index (κ1) is 14.5. The Morgan fingerprint density at radius 2 is 2.06 bits per heavy atom. The number of aryl methyl sites for hydroxylation is 1. The minimum absolute atomic E-state index is 0.0388. The Bertz CT molecular complexity index is 443. The second kappa shape index (κ2) is 7.01. The molecule has 0 bridgehead atoms. The minimum atomic E-state index is -1.14. The highest BCUT2D eigenvalue weighted by Crippen LogP contribution is 2.15. The predicted molar refractivity (Wildman–Crippen MR) is 68.4 cm³/mol. The average Bonchev–Trinajstić information content (AvgIpc) is 2.36. The van der Waals surface area contributed by atoms with Gasteiger partial charge in [-0.3, -0.25) is 0 Å². The number of hydrogen-bond donors (Lipinski definition) is 1. The van der Waals surface area contributed by atoms with Crippen LogP contribution in [0.2, 0.25) is 0 Å². The van der Waals surface area contributed by atoms with Crippen molar-refractivity contribution in [3.63, 3.8) is 0 Å². The molecule has 0 saturated carbocycles. The van der Waals surface area contributed by atoms with Crippen molar-refractivity contribution >= 4 is 23.5 Å². The summed E-state index contributed by atoms with van der Waals surface area (Å²) >= 11 is 5.60. The van der Waals surface area contributed by atoms with Crippen LogP contribution in [-0.2, 0) is 11.2 Å². The number of esters is 1. The van der Waals surface area contributed by atoms with Crippen molar-refractivity contribution in [2.75, 3.05) is 12.5 Å². The van der Waals surface area contributed by atoms with Crippen LogP contribution < -0.4 is 0 Å². The van der Waals surface area contributed by atoms with Crippen LogP contribution in [0, 0.1) is 0 Å². The summed E-state index contributed by atoms with van der Waals surface area (Å²) in [6.07, 6.45) is 1.48. The molecule has 1 aromatic carbocycles. The van der Waals surface area contributed by atoms with Crippen molar-refractivity contribution in [1.29, 1.82) is 0 Å². The van der Waals surface area contributed by atoms with E-state index in [0.717, 1.165) is 12.0 Å². The van der Waals surface area contributed by atoms with E-state index in [1.807, 2.05) is 0 Å². The van der Waals surface area contributed by atoms with Crippen molar-refractivity contribution in [3.8, 4) is 0 Å². The van der Waals surface area contributed by atoms with E-state index in [-0.39, 0.29) is 17.7 Å². The van der Waals surface area contributed by atoms with Gasteiger partial charge in [-0.2, -0.15) is 0 Å². The van der Waals surface area contributed by atoms with Gasteiger partial charge in [-0.25, -0.2) is 9.59 Å². The van der Waals surface area contributed by atoms with Gasteiger partial charge in [0.05, 0.1) is 17.7 Å². The number of carbonyl (C=O) groups is 2. The molecule has 5 heteroatoms. The number of ether oxygens (including phenoxy) is 1. The molecule has 0 aromatic heterocycles. The number of carboxylic acid groups (broad SMARTS) is 1. The number of hydrogen-bond acceptors (Lipinski definition) is 3. The Labute approximate surface area is 111 Å². The number of benzene rings is 1. The number of carbonyl (C=O) groups excluding carboxylic acids is 1. The zero-order chi connectivity index (χ0) is 13.5. The molecule has 1 N–H and O–H groups in total. The van der Waals surface area contributed by atoms with Gasteiger partial charge in [-0.1, -0.05) is 6.07 Å². The van der Waals surface area contributed by atoms with Crippen LogP contribution in [0.4, 0.5) is 0 Å². The molecule has 0 aliphatic heterocycles. The van der Waals surface area contributed by atoms with Crippen molar-refractivity contribution < 1.29 is 19.4 Å². The highest BCUT2D eigenvalue weighted by atomic mass is 35.5. The summed E-state index contributed by atoms with van der Waals surface area (Å²) in [4.78, 5) is 22.7. The molecule has 0 aliphatic rings. The van der Waals surface area contributed by atoms with Crippen molar-refractivity contribution in [1.82, 2.24) is 0 Å². The van der Waals surface area contributed by atoms with Crippen LogP contribution in [0.15, 0.2) is 18.2 Å². The molecule has 0 radical (unpaired) electrons. The molecular formula is C13H15ClO4. The number of rotatable bonds is 6. The van der Waals surface area contributed by atoms with Crippen LogP contribution in [0.1, 0.15) is 39.6 Å². The first-order chi connectivity index (χ1) is 8.60. The molecule has 98 valence electrons. The number of carboxylic acids is 1. The zero-order valence-electron chi connectivity index (χ0n) is 10.1. The largest absolute Gasteiger partial charge is 0.478 e. The lowest BCUT2D eigenvalue weighted by Gasteiger charge is -2.08. The standard InChI is InChI=1S/C13H15ClO4/c1-2-18-13(17)11-8-9(4-3-7-14)5-6-10(11)12(15)16/h5-6,8H,2-4,7H2,1H3,(H,15,16). The van der Waals surface area contributed by atoms with E-state index in [0.29, 0.717) is 12.3 Å². The van der Waals surface area contributed by atoms with Crippen LogP contribution in [0.5, 0.6) is 0 Å². The molecule has 0 amide bonds. The van der Waals surface area contributed by atoms with Crippen molar-refractivity contribution in [2.24, 2.45) is 0 Å². The lowest BCUT2D eigenvalue weighted by atomic mass is 10.0. The number of halogens is 1. The van der Waals surface area contributed by atoms with Crippen LogP contribution >= 0.6 is 11.6 Å². The van der Waals surface area contributed by atoms with Gasteiger partial charge in [-0.15, -0.1) is 11.6 Å². The van der Waals surface area contributed by atoms with Crippen molar-refractivity contribution in [3.05, 3.63) is 34.9 Å². The van der Waals surface area contributed by atoms with E-state index in [1.165, 1.54) is 6.07 Å². The van der Waals surface area contributed by atoms with Crippen LogP contribution in [0.25, 0.3) is 0 Å². The lowest BCUT2D eigenvalue weighted by Crippen LogP contribution is -2.12. The van der Waals surface area contributed by atoms with Gasteiger partial charge in [0.2, 0.25) is 0 Å². The molecule has 1 aromatic rings. The summed E-state index contributed by atoms with van der Waals surface area (Å²) in [6, 6.07) is 4.69. The molecule has 18 heavy (non-hydrogen) atoms. The number of aromatic carboxylic acids is 1. The SMILES string of the molecule is CCOC(=O)c1cc(CCCCl)ccc1C(=O)O. The van der Waals surface area contributed by atoms with E-state index in [1.54, 1.807) is 19.1 Å². The maximum absolute atomic E-state index is 11.7. The minimum Gasteiger partial charge on any atom is -0.478 e. The summed E-state index contributed by atoms with van der Waals surface area (Å²) in [5, 5.41) is 9.02. The van der Waals surface area contributed by atoms with E-state index < -0.39 is 11.9 Å². The Morgan fingerprint density at radius 1 is 1.33 bits per heavy atom. The predicted octanol–water partition coefficient (Wildman–Crippen LogP) is 2.73. The molecular weight excluding hydrogens is 256 g/mol. The summed E-state index contributed by atoms with van der Waals surface area (Å²) < 4.78 is 4.85. The molecule has 0 spiro atoms. The third-order valence-electron chi connectivity index (χ3n) is 2.41. The fourth-order valence-electron chi connectivity index (χ4n) is 1.58. The van der Waals surface area contributed by atoms with Crippen molar-refractivity contribution in [2.45, 2.75) is 19.8 Å². The summed E-state index contributed by atoms with van der Waals surface area (Å²) in [7, 11) is 0. The zero-order valence-corrected chi connectivity index (χ0v) is 10.9. The maximum atomic E-state index is 11.7. The van der Waals surface area contributed by atoms with E-state index in [4.69, 9.17) is 21.4 Å². The fourth-order valence-corrected chi connectivity index (χ4v) is 1.72. The fraction of sp³-hybridized carbons (Fsp3) is 0.385. The molecule has 0 heterocycles. The Morgan fingerprint density at radius 3 is 2.61 bits per heavy atom. The monoisotopic (exact) mass is 270 g/mol.